The molecule has 1 N–H and O–H groups in total. The Balaban J connectivity index is 2.36. The summed E-state index contributed by atoms with van der Waals surface area (Å²) in [7, 11) is 0. The third-order valence-electron chi connectivity index (χ3n) is 2.39. The van der Waals surface area contributed by atoms with E-state index in [0.29, 0.717) is 10.6 Å². The van der Waals surface area contributed by atoms with Gasteiger partial charge in [-0.3, -0.25) is 0 Å². The fraction of sp³-hybridized carbons (Fsp3) is 0.0769. The summed E-state index contributed by atoms with van der Waals surface area (Å²) in [4.78, 5) is 0. The van der Waals surface area contributed by atoms with Crippen molar-refractivity contribution in [2.75, 3.05) is 0 Å². The van der Waals surface area contributed by atoms with Crippen LogP contribution in [-0.2, 0) is 0 Å². The van der Waals surface area contributed by atoms with Crippen LogP contribution in [0.3, 0.4) is 0 Å². The largest absolute Gasteiger partial charge is 0.384 e. The first-order valence-electron chi connectivity index (χ1n) is 4.96. The Kier molecular flexibility index (Phi) is 3.41. The Morgan fingerprint density at radius 3 is 1.94 bits per heavy atom. The lowest BCUT2D eigenvalue weighted by Gasteiger charge is -2.11. The first kappa shape index (κ1) is 12.0. The Hall–Kier alpha value is -1.45. The molecule has 0 amide bonds. The maximum atomic E-state index is 13.0. The smallest absolute Gasteiger partial charge is 0.126 e. The van der Waals surface area contributed by atoms with Crippen LogP contribution < -0.4 is 0 Å². The second-order valence-corrected chi connectivity index (χ2v) is 4.09. The highest BCUT2D eigenvalue weighted by Crippen LogP contribution is 2.24. The van der Waals surface area contributed by atoms with Gasteiger partial charge in [0.1, 0.15) is 17.7 Å². The summed E-state index contributed by atoms with van der Waals surface area (Å²) in [5.41, 5.74) is 0.698. The van der Waals surface area contributed by atoms with E-state index < -0.39 is 17.7 Å². The Morgan fingerprint density at radius 1 is 0.882 bits per heavy atom. The highest BCUT2D eigenvalue weighted by Gasteiger charge is 2.12. The van der Waals surface area contributed by atoms with Crippen LogP contribution in [0.25, 0.3) is 0 Å². The first-order chi connectivity index (χ1) is 8.06. The predicted molar refractivity (Wildman–Crippen MR) is 61.9 cm³/mol. The molecular formula is C13H9ClF2O. The van der Waals surface area contributed by atoms with Crippen molar-refractivity contribution in [1.82, 2.24) is 0 Å². The van der Waals surface area contributed by atoms with Crippen LogP contribution in [0.15, 0.2) is 42.5 Å². The topological polar surface area (TPSA) is 20.2 Å². The molecule has 0 aliphatic carbocycles. The minimum atomic E-state index is -1.07. The summed E-state index contributed by atoms with van der Waals surface area (Å²) in [6.07, 6.45) is -1.07. The van der Waals surface area contributed by atoms with Gasteiger partial charge in [0.05, 0.1) is 0 Å². The summed E-state index contributed by atoms with van der Waals surface area (Å²) in [6, 6.07) is 9.39. The first-order valence-corrected chi connectivity index (χ1v) is 5.33. The third kappa shape index (κ3) is 2.81. The van der Waals surface area contributed by atoms with E-state index in [-0.39, 0.29) is 5.56 Å². The minimum absolute atomic E-state index is 0.171. The molecule has 0 saturated heterocycles. The number of hydrogen-bond donors (Lipinski definition) is 1. The number of rotatable bonds is 2. The average molecular weight is 255 g/mol. The lowest BCUT2D eigenvalue weighted by molar-refractivity contribution is 0.219. The van der Waals surface area contributed by atoms with E-state index in [2.05, 4.69) is 0 Å². The van der Waals surface area contributed by atoms with Crippen molar-refractivity contribution in [3.05, 3.63) is 70.2 Å². The van der Waals surface area contributed by atoms with Gasteiger partial charge in [-0.15, -0.1) is 0 Å². The van der Waals surface area contributed by atoms with Crippen LogP contribution in [0, 0.1) is 11.6 Å². The van der Waals surface area contributed by atoms with E-state index in [0.717, 1.165) is 18.2 Å². The van der Waals surface area contributed by atoms with Gasteiger partial charge in [0, 0.05) is 11.1 Å². The standard InChI is InChI=1S/C13H9ClF2O/c14-10-3-1-8(2-4-10)13(17)9-5-11(15)7-12(16)6-9/h1-7,13,17H/t13-/m0/s1. The summed E-state index contributed by atoms with van der Waals surface area (Å²) in [5.74, 6) is -1.43. The van der Waals surface area contributed by atoms with Gasteiger partial charge in [-0.05, 0) is 35.4 Å². The Labute approximate surface area is 102 Å². The molecule has 1 atom stereocenters. The van der Waals surface area contributed by atoms with Crippen molar-refractivity contribution < 1.29 is 13.9 Å². The summed E-state index contributed by atoms with van der Waals surface area (Å²) in [5, 5.41) is 10.5. The lowest BCUT2D eigenvalue weighted by atomic mass is 10.0. The lowest BCUT2D eigenvalue weighted by Crippen LogP contribution is -2.00. The van der Waals surface area contributed by atoms with Gasteiger partial charge in [-0.1, -0.05) is 23.7 Å². The molecule has 2 aromatic rings. The zero-order valence-corrected chi connectivity index (χ0v) is 9.46. The monoisotopic (exact) mass is 254 g/mol. The predicted octanol–water partition coefficient (Wildman–Crippen LogP) is 3.70. The van der Waals surface area contributed by atoms with Gasteiger partial charge in [-0.25, -0.2) is 8.78 Å². The second kappa shape index (κ2) is 4.82. The summed E-state index contributed by atoms with van der Waals surface area (Å²) < 4.78 is 26.0. The van der Waals surface area contributed by atoms with E-state index >= 15 is 0 Å². The Morgan fingerprint density at radius 2 is 1.41 bits per heavy atom. The van der Waals surface area contributed by atoms with E-state index in [1.165, 1.54) is 0 Å². The van der Waals surface area contributed by atoms with Crippen molar-refractivity contribution in [3.8, 4) is 0 Å². The molecule has 2 rings (SSSR count). The van der Waals surface area contributed by atoms with Crippen molar-refractivity contribution in [2.45, 2.75) is 6.10 Å². The third-order valence-corrected chi connectivity index (χ3v) is 2.64. The molecule has 0 bridgehead atoms. The number of aliphatic hydroxyl groups is 1. The highest BCUT2D eigenvalue weighted by atomic mass is 35.5. The van der Waals surface area contributed by atoms with Gasteiger partial charge in [0.15, 0.2) is 0 Å². The van der Waals surface area contributed by atoms with Crippen LogP contribution in [0.4, 0.5) is 8.78 Å². The normalized spacial score (nSPS) is 12.5. The van der Waals surface area contributed by atoms with E-state index in [1.807, 2.05) is 0 Å². The summed E-state index contributed by atoms with van der Waals surface area (Å²) >= 11 is 5.71. The summed E-state index contributed by atoms with van der Waals surface area (Å²) in [6.45, 7) is 0. The molecule has 0 aliphatic rings. The molecule has 88 valence electrons. The van der Waals surface area contributed by atoms with Gasteiger partial charge >= 0.3 is 0 Å². The quantitative estimate of drug-likeness (QED) is 0.866. The van der Waals surface area contributed by atoms with Gasteiger partial charge in [0.2, 0.25) is 0 Å². The number of aliphatic hydroxyl groups excluding tert-OH is 1. The number of halogens is 3. The van der Waals surface area contributed by atoms with Gasteiger partial charge in [0.25, 0.3) is 0 Å². The fourth-order valence-corrected chi connectivity index (χ4v) is 1.70. The zero-order chi connectivity index (χ0) is 12.4. The number of hydrogen-bond acceptors (Lipinski definition) is 1. The average Bonchev–Trinajstić information content (AvgIpc) is 2.28. The molecule has 0 saturated carbocycles. The molecular weight excluding hydrogens is 246 g/mol. The van der Waals surface area contributed by atoms with Crippen molar-refractivity contribution in [1.29, 1.82) is 0 Å². The molecule has 0 heterocycles. The van der Waals surface area contributed by atoms with Crippen LogP contribution in [0.1, 0.15) is 17.2 Å². The maximum Gasteiger partial charge on any atom is 0.126 e. The van der Waals surface area contributed by atoms with E-state index in [4.69, 9.17) is 11.6 Å². The molecule has 0 spiro atoms. The maximum absolute atomic E-state index is 13.0. The van der Waals surface area contributed by atoms with E-state index in [9.17, 15) is 13.9 Å². The Bertz CT molecular complexity index is 505. The van der Waals surface area contributed by atoms with Crippen molar-refractivity contribution in [3.63, 3.8) is 0 Å². The van der Waals surface area contributed by atoms with Crippen molar-refractivity contribution >= 4 is 11.6 Å². The minimum Gasteiger partial charge on any atom is -0.384 e. The SMILES string of the molecule is O[C@@H](c1ccc(Cl)cc1)c1cc(F)cc(F)c1. The number of benzene rings is 2. The molecule has 1 nitrogen and oxygen atoms in total. The molecule has 0 aromatic heterocycles. The molecule has 2 aromatic carbocycles. The molecule has 0 fully saturated rings. The van der Waals surface area contributed by atoms with Crippen LogP contribution >= 0.6 is 11.6 Å². The molecule has 0 radical (unpaired) electrons. The van der Waals surface area contributed by atoms with Crippen LogP contribution in [0.5, 0.6) is 0 Å². The molecule has 0 unspecified atom stereocenters. The van der Waals surface area contributed by atoms with Crippen LogP contribution in [0.2, 0.25) is 5.02 Å². The molecule has 0 aliphatic heterocycles. The van der Waals surface area contributed by atoms with E-state index in [1.54, 1.807) is 24.3 Å². The fourth-order valence-electron chi connectivity index (χ4n) is 1.57. The molecule has 17 heavy (non-hydrogen) atoms. The van der Waals surface area contributed by atoms with Gasteiger partial charge in [-0.2, -0.15) is 0 Å². The molecule has 4 heteroatoms. The van der Waals surface area contributed by atoms with Crippen LogP contribution in [-0.4, -0.2) is 5.11 Å². The van der Waals surface area contributed by atoms with Crippen molar-refractivity contribution in [2.24, 2.45) is 0 Å². The zero-order valence-electron chi connectivity index (χ0n) is 8.70. The highest BCUT2D eigenvalue weighted by molar-refractivity contribution is 6.30. The van der Waals surface area contributed by atoms with Gasteiger partial charge < -0.3 is 5.11 Å². The second-order valence-electron chi connectivity index (χ2n) is 3.66.